The second-order valence-electron chi connectivity index (χ2n) is 3.50. The summed E-state index contributed by atoms with van der Waals surface area (Å²) in [6.45, 7) is -1.04. The molecular formula is C10H17N5O5. The predicted octanol–water partition coefficient (Wildman–Crippen LogP) is -4.17. The van der Waals surface area contributed by atoms with Crippen LogP contribution in [-0.2, 0) is 24.0 Å². The average Bonchev–Trinajstić information content (AvgIpc) is 2.45. The number of carbonyl (C=O) groups is 5. The highest BCUT2D eigenvalue weighted by Crippen LogP contribution is 1.70. The maximum Gasteiger partial charge on any atom is 0.239 e. The Hall–Kier alpha value is -2.65. The third kappa shape index (κ3) is 9.39. The van der Waals surface area contributed by atoms with E-state index in [1.165, 1.54) is 7.05 Å². The molecule has 0 spiro atoms. The summed E-state index contributed by atoms with van der Waals surface area (Å²) < 4.78 is 0. The number of hydrogen-bond acceptors (Lipinski definition) is 5. The van der Waals surface area contributed by atoms with Crippen molar-refractivity contribution in [1.29, 1.82) is 0 Å². The molecule has 0 unspecified atom stereocenters. The number of hydrogen-bond donors (Lipinski definition) is 5. The topological polar surface area (TPSA) is 146 Å². The van der Waals surface area contributed by atoms with Crippen LogP contribution in [0.1, 0.15) is 0 Å². The lowest BCUT2D eigenvalue weighted by atomic mass is 10.4. The third-order valence-electron chi connectivity index (χ3n) is 1.96. The molecule has 0 heterocycles. The van der Waals surface area contributed by atoms with Gasteiger partial charge in [0.25, 0.3) is 0 Å². The van der Waals surface area contributed by atoms with Gasteiger partial charge in [-0.3, -0.25) is 24.0 Å². The quantitative estimate of drug-likeness (QED) is 0.273. The molecule has 0 aromatic rings. The maximum atomic E-state index is 11.2. The minimum atomic E-state index is -0.570. The fourth-order valence-electron chi connectivity index (χ4n) is 0.947. The summed E-state index contributed by atoms with van der Waals surface area (Å²) in [5, 5.41) is 11.2. The summed E-state index contributed by atoms with van der Waals surface area (Å²) in [6, 6.07) is 0. The Morgan fingerprint density at radius 1 is 0.750 bits per heavy atom. The molecule has 10 nitrogen and oxygen atoms in total. The molecule has 0 bridgehead atoms. The molecular weight excluding hydrogens is 270 g/mol. The van der Waals surface area contributed by atoms with Gasteiger partial charge in [0, 0.05) is 7.05 Å². The number of amides is 5. The SMILES string of the molecule is CNC(=O)CNC(=O)CNC(=O)CNC(=O)CNC=O. The van der Waals surface area contributed by atoms with E-state index < -0.39 is 17.7 Å². The molecule has 0 aromatic carbocycles. The molecule has 0 rings (SSSR count). The van der Waals surface area contributed by atoms with E-state index in [9.17, 15) is 24.0 Å². The van der Waals surface area contributed by atoms with Crippen molar-refractivity contribution in [2.24, 2.45) is 0 Å². The zero-order chi connectivity index (χ0) is 15.4. The molecule has 0 radical (unpaired) electrons. The molecule has 20 heavy (non-hydrogen) atoms. The number of carbonyl (C=O) groups excluding carboxylic acids is 5. The van der Waals surface area contributed by atoms with Crippen LogP contribution in [0.15, 0.2) is 0 Å². The molecule has 0 aliphatic heterocycles. The van der Waals surface area contributed by atoms with E-state index in [1.807, 2.05) is 0 Å². The maximum absolute atomic E-state index is 11.2. The lowest BCUT2D eigenvalue weighted by molar-refractivity contribution is -0.128. The van der Waals surface area contributed by atoms with E-state index in [4.69, 9.17) is 0 Å². The third-order valence-corrected chi connectivity index (χ3v) is 1.96. The van der Waals surface area contributed by atoms with E-state index in [-0.39, 0.29) is 32.1 Å². The summed E-state index contributed by atoms with van der Waals surface area (Å²) >= 11 is 0. The van der Waals surface area contributed by atoms with Crippen molar-refractivity contribution in [3.63, 3.8) is 0 Å². The van der Waals surface area contributed by atoms with Crippen molar-refractivity contribution >= 4 is 30.0 Å². The lowest BCUT2D eigenvalue weighted by Gasteiger charge is -2.07. The van der Waals surface area contributed by atoms with Gasteiger partial charge in [0.2, 0.25) is 30.0 Å². The van der Waals surface area contributed by atoms with Gasteiger partial charge in [-0.1, -0.05) is 0 Å². The second-order valence-corrected chi connectivity index (χ2v) is 3.50. The fourth-order valence-corrected chi connectivity index (χ4v) is 0.947. The molecule has 5 N–H and O–H groups in total. The molecule has 0 aliphatic rings. The van der Waals surface area contributed by atoms with Gasteiger partial charge in [0.05, 0.1) is 26.2 Å². The number of nitrogens with one attached hydrogen (secondary N) is 5. The highest BCUT2D eigenvalue weighted by molar-refractivity contribution is 5.90. The van der Waals surface area contributed by atoms with Crippen LogP contribution in [0.25, 0.3) is 0 Å². The van der Waals surface area contributed by atoms with E-state index in [0.717, 1.165) is 0 Å². The minimum absolute atomic E-state index is 0.181. The van der Waals surface area contributed by atoms with Crippen molar-refractivity contribution in [1.82, 2.24) is 26.6 Å². The van der Waals surface area contributed by atoms with Crippen LogP contribution in [0.3, 0.4) is 0 Å². The van der Waals surface area contributed by atoms with Crippen LogP contribution < -0.4 is 26.6 Å². The first-order valence-corrected chi connectivity index (χ1v) is 5.67. The Morgan fingerprint density at radius 2 is 1.15 bits per heavy atom. The van der Waals surface area contributed by atoms with Crippen LogP contribution in [0.5, 0.6) is 0 Å². The van der Waals surface area contributed by atoms with Gasteiger partial charge in [0.1, 0.15) is 0 Å². The molecule has 112 valence electrons. The summed E-state index contributed by atoms with van der Waals surface area (Å²) in [5.74, 6) is -1.99. The number of rotatable bonds is 9. The van der Waals surface area contributed by atoms with Gasteiger partial charge < -0.3 is 26.6 Å². The molecule has 5 amide bonds. The van der Waals surface area contributed by atoms with Crippen molar-refractivity contribution in [2.45, 2.75) is 0 Å². The largest absolute Gasteiger partial charge is 0.358 e. The zero-order valence-electron chi connectivity index (χ0n) is 10.9. The monoisotopic (exact) mass is 287 g/mol. The van der Waals surface area contributed by atoms with Crippen molar-refractivity contribution in [3.8, 4) is 0 Å². The van der Waals surface area contributed by atoms with Crippen molar-refractivity contribution in [2.75, 3.05) is 33.2 Å². The summed E-state index contributed by atoms with van der Waals surface area (Å²) in [6.07, 6.45) is 0.358. The van der Waals surface area contributed by atoms with Crippen LogP contribution in [0.4, 0.5) is 0 Å². The van der Waals surface area contributed by atoms with Gasteiger partial charge in [0.15, 0.2) is 0 Å². The van der Waals surface area contributed by atoms with Crippen LogP contribution in [0.2, 0.25) is 0 Å². The molecule has 0 saturated carbocycles. The second kappa shape index (κ2) is 10.3. The van der Waals surface area contributed by atoms with Crippen molar-refractivity contribution < 1.29 is 24.0 Å². The minimum Gasteiger partial charge on any atom is -0.358 e. The Bertz CT molecular complexity index is 384. The van der Waals surface area contributed by atoms with Gasteiger partial charge in [-0.2, -0.15) is 0 Å². The molecule has 0 atom stereocenters. The summed E-state index contributed by atoms with van der Waals surface area (Å²) in [5.41, 5.74) is 0. The standard InChI is InChI=1S/C10H17N5O5/c1-11-7(17)3-13-9(19)5-15-10(20)4-14-8(18)2-12-6-16/h6H,2-5H2,1H3,(H,11,17)(H,12,16)(H,13,19)(H,14,18)(H,15,20). The van der Waals surface area contributed by atoms with Gasteiger partial charge in [-0.25, -0.2) is 0 Å². The Balaban J connectivity index is 3.71. The van der Waals surface area contributed by atoms with E-state index in [1.54, 1.807) is 0 Å². The fraction of sp³-hybridized carbons (Fsp3) is 0.500. The summed E-state index contributed by atoms with van der Waals surface area (Å²) in [4.78, 5) is 54.2. The van der Waals surface area contributed by atoms with E-state index in [0.29, 0.717) is 6.41 Å². The molecule has 0 aromatic heterocycles. The smallest absolute Gasteiger partial charge is 0.239 e. The highest BCUT2D eigenvalue weighted by atomic mass is 16.2. The molecule has 10 heteroatoms. The average molecular weight is 287 g/mol. The molecule has 0 fully saturated rings. The van der Waals surface area contributed by atoms with Crippen LogP contribution in [-0.4, -0.2) is 63.3 Å². The van der Waals surface area contributed by atoms with E-state index >= 15 is 0 Å². The molecule has 0 aliphatic carbocycles. The lowest BCUT2D eigenvalue weighted by Crippen LogP contribution is -2.45. The Labute approximate surface area is 115 Å². The van der Waals surface area contributed by atoms with Gasteiger partial charge in [-0.05, 0) is 0 Å². The van der Waals surface area contributed by atoms with Crippen LogP contribution >= 0.6 is 0 Å². The first-order valence-electron chi connectivity index (χ1n) is 5.67. The first-order chi connectivity index (χ1) is 9.49. The Kier molecular flexibility index (Phi) is 8.93. The number of likely N-dealkylation sites (N-methyl/N-ethyl adjacent to an activating group) is 1. The zero-order valence-corrected chi connectivity index (χ0v) is 10.9. The molecule has 0 saturated heterocycles. The summed E-state index contributed by atoms with van der Waals surface area (Å²) in [7, 11) is 1.43. The Morgan fingerprint density at radius 3 is 1.55 bits per heavy atom. The normalized spacial score (nSPS) is 9.05. The van der Waals surface area contributed by atoms with Gasteiger partial charge >= 0.3 is 0 Å². The van der Waals surface area contributed by atoms with Crippen molar-refractivity contribution in [3.05, 3.63) is 0 Å². The highest BCUT2D eigenvalue weighted by Gasteiger charge is 2.08. The van der Waals surface area contributed by atoms with E-state index in [2.05, 4.69) is 26.6 Å². The predicted molar refractivity (Wildman–Crippen MR) is 67.2 cm³/mol. The first kappa shape index (κ1) is 17.4. The van der Waals surface area contributed by atoms with Crippen LogP contribution in [0, 0.1) is 0 Å². The van der Waals surface area contributed by atoms with Gasteiger partial charge in [-0.15, -0.1) is 0 Å².